The summed E-state index contributed by atoms with van der Waals surface area (Å²) >= 11 is 0. The van der Waals surface area contributed by atoms with Crippen LogP contribution in [0, 0.1) is 0 Å². The lowest BCUT2D eigenvalue weighted by atomic mass is 10.1. The maximum Gasteiger partial charge on any atom is 0.254 e. The fourth-order valence-corrected chi connectivity index (χ4v) is 3.58. The quantitative estimate of drug-likeness (QED) is 0.894. The minimum Gasteiger partial charge on any atom is -0.391 e. The van der Waals surface area contributed by atoms with Crippen molar-refractivity contribution in [2.75, 3.05) is 45.2 Å². The van der Waals surface area contributed by atoms with Crippen molar-refractivity contribution in [3.8, 4) is 0 Å². The van der Waals surface area contributed by atoms with Gasteiger partial charge in [-0.25, -0.2) is 4.98 Å². The molecular weight excluding hydrogens is 292 g/mol. The molecule has 2 atom stereocenters. The van der Waals surface area contributed by atoms with Crippen LogP contribution in [0.2, 0.25) is 0 Å². The molecule has 6 heteroatoms. The molecule has 0 unspecified atom stereocenters. The van der Waals surface area contributed by atoms with Crippen molar-refractivity contribution < 1.29 is 9.90 Å². The van der Waals surface area contributed by atoms with E-state index in [1.165, 1.54) is 0 Å². The second-order valence-electron chi connectivity index (χ2n) is 6.69. The number of piperazine rings is 1. The van der Waals surface area contributed by atoms with Crippen LogP contribution in [0.25, 0.3) is 0 Å². The Morgan fingerprint density at radius 2 is 2.00 bits per heavy atom. The Kier molecular flexibility index (Phi) is 4.82. The first-order valence-corrected chi connectivity index (χ1v) is 8.41. The number of carbonyl (C=O) groups excluding carboxylic acids is 1. The summed E-state index contributed by atoms with van der Waals surface area (Å²) in [5, 5.41) is 10.0. The van der Waals surface area contributed by atoms with Crippen molar-refractivity contribution in [3.05, 3.63) is 23.9 Å². The number of pyridine rings is 1. The van der Waals surface area contributed by atoms with Crippen LogP contribution in [0.4, 0.5) is 5.82 Å². The van der Waals surface area contributed by atoms with E-state index in [0.29, 0.717) is 5.56 Å². The predicted octanol–water partition coefficient (Wildman–Crippen LogP) is 0.819. The van der Waals surface area contributed by atoms with E-state index in [2.05, 4.69) is 9.88 Å². The van der Waals surface area contributed by atoms with Crippen LogP contribution < -0.4 is 4.90 Å². The average molecular weight is 318 g/mol. The van der Waals surface area contributed by atoms with E-state index in [1.54, 1.807) is 12.3 Å². The predicted molar refractivity (Wildman–Crippen MR) is 89.7 cm³/mol. The number of hydrogen-bond donors (Lipinski definition) is 1. The zero-order chi connectivity index (χ0) is 16.4. The van der Waals surface area contributed by atoms with Gasteiger partial charge in [0.15, 0.2) is 0 Å². The largest absolute Gasteiger partial charge is 0.391 e. The molecule has 1 aromatic rings. The van der Waals surface area contributed by atoms with Crippen LogP contribution in [0.5, 0.6) is 0 Å². The summed E-state index contributed by atoms with van der Waals surface area (Å²) in [6, 6.07) is 3.91. The monoisotopic (exact) mass is 318 g/mol. The Bertz CT molecular complexity index is 555. The van der Waals surface area contributed by atoms with Crippen LogP contribution in [-0.2, 0) is 0 Å². The zero-order valence-electron chi connectivity index (χ0n) is 14.0. The van der Waals surface area contributed by atoms with Crippen LogP contribution in [-0.4, -0.2) is 78.2 Å². The molecular formula is C17H26N4O2. The third kappa shape index (κ3) is 3.48. The van der Waals surface area contributed by atoms with Gasteiger partial charge >= 0.3 is 0 Å². The molecule has 1 aliphatic heterocycles. The minimum atomic E-state index is -0.194. The third-order valence-corrected chi connectivity index (χ3v) is 4.97. The Labute approximate surface area is 137 Å². The molecule has 23 heavy (non-hydrogen) atoms. The summed E-state index contributed by atoms with van der Waals surface area (Å²) in [6.07, 6.45) is 4.59. The first kappa shape index (κ1) is 16.2. The van der Waals surface area contributed by atoms with Gasteiger partial charge in [-0.2, -0.15) is 0 Å². The van der Waals surface area contributed by atoms with Crippen LogP contribution in [0.1, 0.15) is 29.6 Å². The van der Waals surface area contributed by atoms with Gasteiger partial charge in [0.1, 0.15) is 5.82 Å². The number of hydrogen-bond acceptors (Lipinski definition) is 5. The van der Waals surface area contributed by atoms with Gasteiger partial charge in [0, 0.05) is 58.1 Å². The van der Waals surface area contributed by atoms with E-state index in [9.17, 15) is 9.90 Å². The summed E-state index contributed by atoms with van der Waals surface area (Å²) in [6.45, 7) is 3.14. The van der Waals surface area contributed by atoms with Crippen LogP contribution >= 0.6 is 0 Å². The minimum absolute atomic E-state index is 0.0714. The van der Waals surface area contributed by atoms with Gasteiger partial charge in [-0.15, -0.1) is 0 Å². The number of aliphatic hydroxyl groups excluding tert-OH is 1. The average Bonchev–Trinajstić information content (AvgIpc) is 3.00. The lowest BCUT2D eigenvalue weighted by molar-refractivity contribution is 0.0315. The van der Waals surface area contributed by atoms with Crippen molar-refractivity contribution in [2.24, 2.45) is 0 Å². The molecule has 1 amide bonds. The molecule has 0 bridgehead atoms. The van der Waals surface area contributed by atoms with E-state index in [1.807, 2.05) is 30.0 Å². The van der Waals surface area contributed by atoms with E-state index in [-0.39, 0.29) is 18.1 Å². The maximum absolute atomic E-state index is 12.7. The summed E-state index contributed by atoms with van der Waals surface area (Å²) in [5.41, 5.74) is 0.693. The first-order valence-electron chi connectivity index (χ1n) is 8.41. The molecule has 1 N–H and O–H groups in total. The number of amides is 1. The number of aliphatic hydroxyl groups is 1. The van der Waals surface area contributed by atoms with Crippen molar-refractivity contribution >= 4 is 11.7 Å². The molecule has 2 fully saturated rings. The summed E-state index contributed by atoms with van der Waals surface area (Å²) in [4.78, 5) is 23.1. The van der Waals surface area contributed by atoms with Crippen LogP contribution in [0.15, 0.2) is 18.3 Å². The van der Waals surface area contributed by atoms with Gasteiger partial charge in [0.2, 0.25) is 0 Å². The molecule has 2 aliphatic rings. The Hall–Kier alpha value is -1.66. The second-order valence-corrected chi connectivity index (χ2v) is 6.69. The van der Waals surface area contributed by atoms with Gasteiger partial charge in [0.05, 0.1) is 6.10 Å². The highest BCUT2D eigenvalue weighted by Crippen LogP contribution is 2.25. The third-order valence-electron chi connectivity index (χ3n) is 4.97. The van der Waals surface area contributed by atoms with Gasteiger partial charge in [-0.1, -0.05) is 0 Å². The Morgan fingerprint density at radius 1 is 1.26 bits per heavy atom. The van der Waals surface area contributed by atoms with Gasteiger partial charge in [0.25, 0.3) is 5.91 Å². The number of rotatable bonds is 3. The van der Waals surface area contributed by atoms with E-state index in [0.717, 1.165) is 51.3 Å². The van der Waals surface area contributed by atoms with Crippen molar-refractivity contribution in [2.45, 2.75) is 31.4 Å². The normalized spacial score (nSPS) is 25.6. The number of aromatic nitrogens is 1. The van der Waals surface area contributed by atoms with E-state index in [4.69, 9.17) is 0 Å². The molecule has 1 saturated carbocycles. The fourth-order valence-electron chi connectivity index (χ4n) is 3.58. The Morgan fingerprint density at radius 3 is 2.61 bits per heavy atom. The molecule has 6 nitrogen and oxygen atoms in total. The van der Waals surface area contributed by atoms with Crippen molar-refractivity contribution in [1.82, 2.24) is 14.8 Å². The van der Waals surface area contributed by atoms with Gasteiger partial charge in [-0.05, 0) is 31.4 Å². The molecule has 3 rings (SSSR count). The van der Waals surface area contributed by atoms with Gasteiger partial charge in [-0.3, -0.25) is 9.69 Å². The molecule has 1 aliphatic carbocycles. The van der Waals surface area contributed by atoms with Crippen molar-refractivity contribution in [1.29, 1.82) is 0 Å². The van der Waals surface area contributed by atoms with Gasteiger partial charge < -0.3 is 14.9 Å². The zero-order valence-corrected chi connectivity index (χ0v) is 14.0. The SMILES string of the molecule is CN(C)c1cc(C(=O)N2CCN([C@@H]3CCC[C@H]3O)CC2)ccn1. The molecule has 0 radical (unpaired) electrons. The molecule has 0 aromatic carbocycles. The molecule has 126 valence electrons. The lowest BCUT2D eigenvalue weighted by Gasteiger charge is -2.39. The van der Waals surface area contributed by atoms with E-state index < -0.39 is 0 Å². The fraction of sp³-hybridized carbons (Fsp3) is 0.647. The number of nitrogens with zero attached hydrogens (tertiary/aromatic N) is 4. The van der Waals surface area contributed by atoms with Crippen LogP contribution in [0.3, 0.4) is 0 Å². The maximum atomic E-state index is 12.7. The van der Waals surface area contributed by atoms with Crippen molar-refractivity contribution in [3.63, 3.8) is 0 Å². The Balaban J connectivity index is 1.61. The number of anilines is 1. The second kappa shape index (κ2) is 6.84. The summed E-state index contributed by atoms with van der Waals surface area (Å²) in [5.74, 6) is 0.866. The first-order chi connectivity index (χ1) is 11.1. The molecule has 2 heterocycles. The van der Waals surface area contributed by atoms with E-state index >= 15 is 0 Å². The smallest absolute Gasteiger partial charge is 0.254 e. The highest BCUT2D eigenvalue weighted by Gasteiger charge is 2.33. The number of carbonyl (C=O) groups is 1. The summed E-state index contributed by atoms with van der Waals surface area (Å²) < 4.78 is 0. The molecule has 0 spiro atoms. The summed E-state index contributed by atoms with van der Waals surface area (Å²) in [7, 11) is 3.84. The lowest BCUT2D eigenvalue weighted by Crippen LogP contribution is -2.53. The highest BCUT2D eigenvalue weighted by atomic mass is 16.3. The highest BCUT2D eigenvalue weighted by molar-refractivity contribution is 5.94. The molecule has 1 saturated heterocycles. The topological polar surface area (TPSA) is 59.9 Å². The molecule has 1 aromatic heterocycles. The standard InChI is InChI=1S/C17H26N4O2/c1-19(2)16-12-13(6-7-18-16)17(23)21-10-8-20(9-11-21)14-4-3-5-15(14)22/h6-7,12,14-15,22H,3-5,8-11H2,1-2H3/t14-,15-/m1/s1.